The molecule has 2 aromatic carbocycles. The van der Waals surface area contributed by atoms with Gasteiger partial charge in [0.25, 0.3) is 5.91 Å². The molecule has 2 aromatic rings. The highest BCUT2D eigenvalue weighted by atomic mass is 32.2. The van der Waals surface area contributed by atoms with E-state index in [2.05, 4.69) is 4.72 Å². The molecule has 0 aliphatic rings. The fraction of sp³-hybridized carbons (Fsp3) is 0.263. The van der Waals surface area contributed by atoms with Crippen LogP contribution in [0.1, 0.15) is 31.1 Å². The van der Waals surface area contributed by atoms with Crippen LogP contribution in [0.4, 0.5) is 5.69 Å². The molecule has 0 bridgehead atoms. The zero-order valence-corrected chi connectivity index (χ0v) is 16.2. The van der Waals surface area contributed by atoms with Gasteiger partial charge in [-0.15, -0.1) is 0 Å². The third-order valence-electron chi connectivity index (χ3n) is 3.46. The Morgan fingerprint density at radius 3 is 2.04 bits per heavy atom. The fourth-order valence-electron chi connectivity index (χ4n) is 2.42. The molecule has 0 heterocycles. The number of nitrogens with zero attached hydrogens (tertiary/aromatic N) is 1. The quantitative estimate of drug-likeness (QED) is 0.789. The SMILES string of the molecule is CC(C)(C)NS(=O)(=O)c1ccc(C(=O)N(CC(=O)O)c2ccccc2)cc1. The van der Waals surface area contributed by atoms with Gasteiger partial charge in [0, 0.05) is 16.8 Å². The summed E-state index contributed by atoms with van der Waals surface area (Å²) in [6.45, 7) is 4.68. The van der Waals surface area contributed by atoms with E-state index in [1.807, 2.05) is 0 Å². The molecule has 0 spiro atoms. The van der Waals surface area contributed by atoms with Crippen LogP contribution in [0.2, 0.25) is 0 Å². The van der Waals surface area contributed by atoms with E-state index in [-0.39, 0.29) is 10.5 Å². The van der Waals surface area contributed by atoms with E-state index in [9.17, 15) is 18.0 Å². The number of anilines is 1. The van der Waals surface area contributed by atoms with E-state index in [0.717, 1.165) is 4.90 Å². The largest absolute Gasteiger partial charge is 0.480 e. The van der Waals surface area contributed by atoms with Gasteiger partial charge < -0.3 is 5.11 Å². The number of carboxylic acid groups (broad SMARTS) is 1. The molecule has 0 saturated carbocycles. The van der Waals surface area contributed by atoms with Crippen LogP contribution in [-0.2, 0) is 14.8 Å². The van der Waals surface area contributed by atoms with Crippen molar-refractivity contribution >= 4 is 27.6 Å². The van der Waals surface area contributed by atoms with Crippen LogP contribution < -0.4 is 9.62 Å². The minimum Gasteiger partial charge on any atom is -0.480 e. The molecule has 2 rings (SSSR count). The summed E-state index contributed by atoms with van der Waals surface area (Å²) in [5.41, 5.74) is -0.00958. The first-order valence-electron chi connectivity index (χ1n) is 8.22. The van der Waals surface area contributed by atoms with Crippen LogP contribution in [0.3, 0.4) is 0 Å². The van der Waals surface area contributed by atoms with Crippen molar-refractivity contribution in [1.82, 2.24) is 4.72 Å². The smallest absolute Gasteiger partial charge is 0.323 e. The van der Waals surface area contributed by atoms with Gasteiger partial charge in [0.1, 0.15) is 6.54 Å². The molecular weight excluding hydrogens is 368 g/mol. The lowest BCUT2D eigenvalue weighted by Crippen LogP contribution is -2.40. The number of aliphatic carboxylic acids is 1. The Labute approximate surface area is 158 Å². The van der Waals surface area contributed by atoms with Gasteiger partial charge in [-0.3, -0.25) is 14.5 Å². The maximum atomic E-state index is 12.8. The number of hydrogen-bond donors (Lipinski definition) is 2. The summed E-state index contributed by atoms with van der Waals surface area (Å²) in [6.07, 6.45) is 0. The Morgan fingerprint density at radius 1 is 1.00 bits per heavy atom. The Balaban J connectivity index is 2.31. The molecule has 8 heteroatoms. The van der Waals surface area contributed by atoms with E-state index in [4.69, 9.17) is 5.11 Å². The molecule has 0 radical (unpaired) electrons. The Bertz CT molecular complexity index is 917. The number of nitrogens with one attached hydrogen (secondary N) is 1. The molecular formula is C19H22N2O5S. The first kappa shape index (κ1) is 20.6. The number of sulfonamides is 1. The Kier molecular flexibility index (Phi) is 6.02. The average Bonchev–Trinajstić information content (AvgIpc) is 2.58. The van der Waals surface area contributed by atoms with Gasteiger partial charge in [0.05, 0.1) is 4.90 Å². The standard InChI is InChI=1S/C19H22N2O5S/c1-19(2,3)20-27(25,26)16-11-9-14(10-12-16)18(24)21(13-17(22)23)15-7-5-4-6-8-15/h4-12,20H,13H2,1-3H3,(H,22,23). The topological polar surface area (TPSA) is 104 Å². The summed E-state index contributed by atoms with van der Waals surface area (Å²) >= 11 is 0. The number of amides is 1. The summed E-state index contributed by atoms with van der Waals surface area (Å²) in [4.78, 5) is 25.1. The van der Waals surface area contributed by atoms with Gasteiger partial charge in [-0.2, -0.15) is 0 Å². The van der Waals surface area contributed by atoms with Crippen molar-refractivity contribution in [2.45, 2.75) is 31.2 Å². The highest BCUT2D eigenvalue weighted by Crippen LogP contribution is 2.19. The first-order valence-corrected chi connectivity index (χ1v) is 9.71. The number of rotatable bonds is 6. The van der Waals surface area contributed by atoms with Crippen LogP contribution in [0.15, 0.2) is 59.5 Å². The molecule has 1 amide bonds. The summed E-state index contributed by atoms with van der Waals surface area (Å²) in [5, 5.41) is 9.12. The molecule has 0 aliphatic heterocycles. The van der Waals surface area contributed by atoms with E-state index in [1.54, 1.807) is 51.1 Å². The molecule has 144 valence electrons. The van der Waals surface area contributed by atoms with E-state index in [0.29, 0.717) is 5.69 Å². The zero-order valence-electron chi connectivity index (χ0n) is 15.3. The third-order valence-corrected chi connectivity index (χ3v) is 5.23. The molecule has 7 nitrogen and oxygen atoms in total. The number of hydrogen-bond acceptors (Lipinski definition) is 4. The molecule has 0 aromatic heterocycles. The number of carbonyl (C=O) groups is 2. The summed E-state index contributed by atoms with van der Waals surface area (Å²) < 4.78 is 27.2. The van der Waals surface area contributed by atoms with Gasteiger partial charge in [-0.1, -0.05) is 18.2 Å². The average molecular weight is 390 g/mol. The van der Waals surface area contributed by atoms with Gasteiger partial charge in [0.15, 0.2) is 0 Å². The van der Waals surface area contributed by atoms with E-state index >= 15 is 0 Å². The highest BCUT2D eigenvalue weighted by molar-refractivity contribution is 7.89. The normalized spacial score (nSPS) is 11.8. The van der Waals surface area contributed by atoms with Crippen molar-refractivity contribution < 1.29 is 23.1 Å². The predicted octanol–water partition coefficient (Wildman–Crippen LogP) is 2.49. The molecule has 0 aliphatic carbocycles. The van der Waals surface area contributed by atoms with Crippen molar-refractivity contribution in [2.75, 3.05) is 11.4 Å². The number of carbonyl (C=O) groups excluding carboxylic acids is 1. The number of para-hydroxylation sites is 1. The summed E-state index contributed by atoms with van der Waals surface area (Å²) in [5.74, 6) is -1.68. The lowest BCUT2D eigenvalue weighted by Gasteiger charge is -2.22. The molecule has 0 saturated heterocycles. The van der Waals surface area contributed by atoms with Crippen molar-refractivity contribution in [2.24, 2.45) is 0 Å². The van der Waals surface area contributed by atoms with Crippen LogP contribution in [0, 0.1) is 0 Å². The second-order valence-corrected chi connectivity index (χ2v) is 8.68. The predicted molar refractivity (Wildman–Crippen MR) is 102 cm³/mol. The molecule has 2 N–H and O–H groups in total. The Morgan fingerprint density at radius 2 is 1.56 bits per heavy atom. The van der Waals surface area contributed by atoms with Gasteiger partial charge in [0.2, 0.25) is 10.0 Å². The fourth-order valence-corrected chi connectivity index (χ4v) is 3.84. The van der Waals surface area contributed by atoms with Crippen LogP contribution in [-0.4, -0.2) is 37.5 Å². The second-order valence-electron chi connectivity index (χ2n) is 7.00. The second kappa shape index (κ2) is 7.89. The van der Waals surface area contributed by atoms with Crippen molar-refractivity contribution in [3.8, 4) is 0 Å². The third kappa shape index (κ3) is 5.63. The molecule has 0 unspecified atom stereocenters. The van der Waals surface area contributed by atoms with Gasteiger partial charge >= 0.3 is 5.97 Å². The monoisotopic (exact) mass is 390 g/mol. The zero-order chi connectivity index (χ0) is 20.2. The van der Waals surface area contributed by atoms with E-state index in [1.165, 1.54) is 24.3 Å². The molecule has 0 atom stereocenters. The summed E-state index contributed by atoms with van der Waals surface area (Å²) in [6, 6.07) is 13.8. The lowest BCUT2D eigenvalue weighted by atomic mass is 10.1. The van der Waals surface area contributed by atoms with Crippen LogP contribution in [0.25, 0.3) is 0 Å². The van der Waals surface area contributed by atoms with Crippen LogP contribution in [0.5, 0.6) is 0 Å². The highest BCUT2D eigenvalue weighted by Gasteiger charge is 2.24. The van der Waals surface area contributed by atoms with E-state index < -0.39 is 34.0 Å². The minimum absolute atomic E-state index is 0.0264. The van der Waals surface area contributed by atoms with Crippen molar-refractivity contribution in [3.05, 3.63) is 60.2 Å². The molecule has 0 fully saturated rings. The van der Waals surface area contributed by atoms with Crippen molar-refractivity contribution in [1.29, 1.82) is 0 Å². The maximum Gasteiger partial charge on any atom is 0.323 e. The number of carboxylic acids is 1. The maximum absolute atomic E-state index is 12.8. The van der Waals surface area contributed by atoms with Crippen molar-refractivity contribution in [3.63, 3.8) is 0 Å². The lowest BCUT2D eigenvalue weighted by molar-refractivity contribution is -0.135. The number of benzene rings is 2. The van der Waals surface area contributed by atoms with Gasteiger partial charge in [-0.25, -0.2) is 13.1 Å². The minimum atomic E-state index is -3.72. The summed E-state index contributed by atoms with van der Waals surface area (Å²) in [7, 11) is -3.72. The molecule has 27 heavy (non-hydrogen) atoms. The first-order chi connectivity index (χ1) is 12.5. The Hall–Kier alpha value is -2.71. The van der Waals surface area contributed by atoms with Crippen LogP contribution >= 0.6 is 0 Å². The van der Waals surface area contributed by atoms with Gasteiger partial charge in [-0.05, 0) is 57.2 Å².